The Morgan fingerprint density at radius 3 is 2.66 bits per heavy atom. The van der Waals surface area contributed by atoms with E-state index in [4.69, 9.17) is 16.3 Å². The van der Waals surface area contributed by atoms with Crippen LogP contribution in [0, 0.1) is 0 Å². The molecule has 0 radical (unpaired) electrons. The zero-order chi connectivity index (χ0) is 20.4. The number of amidine groups is 1. The van der Waals surface area contributed by atoms with E-state index in [0.717, 1.165) is 26.9 Å². The first-order chi connectivity index (χ1) is 14.1. The van der Waals surface area contributed by atoms with E-state index < -0.39 is 0 Å². The molecule has 2 heterocycles. The van der Waals surface area contributed by atoms with Crippen LogP contribution in [0.4, 0.5) is 5.69 Å². The van der Waals surface area contributed by atoms with Crippen molar-refractivity contribution in [3.63, 3.8) is 0 Å². The molecule has 2 aromatic carbocycles. The lowest BCUT2D eigenvalue weighted by Crippen LogP contribution is -2.29. The summed E-state index contributed by atoms with van der Waals surface area (Å²) in [7, 11) is 3.63. The minimum atomic E-state index is -0.0266. The van der Waals surface area contributed by atoms with E-state index in [0.29, 0.717) is 29.0 Å². The summed E-state index contributed by atoms with van der Waals surface area (Å²) in [5.74, 6) is 1.19. The normalized spacial score (nSPS) is 20.0. The molecule has 0 atom stereocenters. The number of anilines is 1. The molecule has 1 amide bonds. The van der Waals surface area contributed by atoms with Gasteiger partial charge in [0, 0.05) is 23.9 Å². The maximum Gasteiger partial charge on any atom is 0.269 e. The number of hydrogen-bond donors (Lipinski definition) is 0. The lowest BCUT2D eigenvalue weighted by Gasteiger charge is -2.17. The van der Waals surface area contributed by atoms with Crippen molar-refractivity contribution in [1.82, 2.24) is 4.90 Å². The van der Waals surface area contributed by atoms with E-state index in [1.807, 2.05) is 60.5 Å². The van der Waals surface area contributed by atoms with Gasteiger partial charge in [-0.05, 0) is 29.5 Å². The average molecular weight is 446 g/mol. The molecule has 4 rings (SSSR count). The summed E-state index contributed by atoms with van der Waals surface area (Å²) in [5.41, 5.74) is 2.10. The molecule has 0 spiro atoms. The second kappa shape index (κ2) is 8.73. The monoisotopic (exact) mass is 445 g/mol. The highest BCUT2D eigenvalue weighted by Crippen LogP contribution is 2.51. The number of rotatable bonds is 5. The molecule has 2 aliphatic heterocycles. The fourth-order valence-corrected chi connectivity index (χ4v) is 5.56. The molecule has 0 N–H and O–H groups in total. The summed E-state index contributed by atoms with van der Waals surface area (Å²) in [4.78, 5) is 23.5. The zero-order valence-corrected chi connectivity index (χ0v) is 18.5. The first kappa shape index (κ1) is 20.2. The van der Waals surface area contributed by atoms with Crippen LogP contribution in [0.1, 0.15) is 5.56 Å². The second-order valence-electron chi connectivity index (χ2n) is 6.46. The third-order valence-electron chi connectivity index (χ3n) is 4.61. The average Bonchev–Trinajstić information content (AvgIpc) is 3.24. The largest absolute Gasteiger partial charge is 0.497 e. The van der Waals surface area contributed by atoms with Gasteiger partial charge >= 0.3 is 0 Å². The highest BCUT2D eigenvalue weighted by Gasteiger charge is 2.39. The van der Waals surface area contributed by atoms with Crippen LogP contribution in [0.25, 0.3) is 0 Å². The Morgan fingerprint density at radius 2 is 1.93 bits per heavy atom. The number of methoxy groups -OCH3 is 1. The summed E-state index contributed by atoms with van der Waals surface area (Å²) < 4.78 is 5.35. The van der Waals surface area contributed by atoms with Gasteiger partial charge in [-0.3, -0.25) is 14.7 Å². The number of aliphatic imine (C=N–C) groups is 1. The molecule has 2 aliphatic rings. The molecule has 2 aromatic rings. The van der Waals surface area contributed by atoms with Crippen molar-refractivity contribution in [2.24, 2.45) is 4.99 Å². The number of thioether (sulfide) groups is 2. The van der Waals surface area contributed by atoms with Crippen molar-refractivity contribution in [3.05, 3.63) is 64.0 Å². The van der Waals surface area contributed by atoms with Crippen molar-refractivity contribution in [3.8, 4) is 5.75 Å². The van der Waals surface area contributed by atoms with Gasteiger partial charge in [0.15, 0.2) is 5.17 Å². The van der Waals surface area contributed by atoms with Crippen LogP contribution in [0.5, 0.6) is 5.75 Å². The molecular formula is C21H20ClN3O2S2. The molecule has 0 unspecified atom stereocenters. The molecule has 1 fully saturated rings. The maximum absolute atomic E-state index is 13.4. The van der Waals surface area contributed by atoms with Crippen molar-refractivity contribution in [2.45, 2.75) is 11.4 Å². The van der Waals surface area contributed by atoms with Crippen LogP contribution in [0.15, 0.2) is 68.4 Å². The molecule has 5 nitrogen and oxygen atoms in total. The van der Waals surface area contributed by atoms with Gasteiger partial charge in [-0.25, -0.2) is 0 Å². The Morgan fingerprint density at radius 1 is 1.14 bits per heavy atom. The van der Waals surface area contributed by atoms with Gasteiger partial charge in [-0.1, -0.05) is 42.1 Å². The topological polar surface area (TPSA) is 45.1 Å². The third-order valence-corrected chi connectivity index (χ3v) is 7.25. The fraction of sp³-hybridized carbons (Fsp3) is 0.238. The first-order valence-electron chi connectivity index (χ1n) is 9.10. The van der Waals surface area contributed by atoms with E-state index in [-0.39, 0.29) is 5.91 Å². The second-order valence-corrected chi connectivity index (χ2v) is 8.85. The van der Waals surface area contributed by atoms with Crippen LogP contribution < -0.4 is 9.64 Å². The minimum Gasteiger partial charge on any atom is -0.497 e. The lowest BCUT2D eigenvalue weighted by molar-refractivity contribution is -0.122. The van der Waals surface area contributed by atoms with E-state index in [9.17, 15) is 4.79 Å². The van der Waals surface area contributed by atoms with E-state index >= 15 is 0 Å². The number of carbonyl (C=O) groups is 1. The zero-order valence-electron chi connectivity index (χ0n) is 16.1. The highest BCUT2D eigenvalue weighted by atomic mass is 35.5. The van der Waals surface area contributed by atoms with Gasteiger partial charge in [0.05, 0.1) is 30.9 Å². The van der Waals surface area contributed by atoms with Crippen LogP contribution in [0.2, 0.25) is 0 Å². The predicted octanol–water partition coefficient (Wildman–Crippen LogP) is 4.78. The Hall–Kier alpha value is -2.09. The molecule has 1 saturated heterocycles. The number of fused-ring (bicyclic) bond motifs is 1. The number of hydrogen-bond acceptors (Lipinski definition) is 6. The number of benzene rings is 2. The number of amides is 1. The van der Waals surface area contributed by atoms with E-state index in [1.165, 1.54) is 11.8 Å². The number of nitrogens with zero attached hydrogens (tertiary/aromatic N) is 3. The molecule has 150 valence electrons. The third kappa shape index (κ3) is 3.99. The summed E-state index contributed by atoms with van der Waals surface area (Å²) in [5, 5.41) is 1.61. The van der Waals surface area contributed by atoms with E-state index in [2.05, 4.69) is 4.99 Å². The summed E-state index contributed by atoms with van der Waals surface area (Å²) in [6, 6.07) is 15.9. The Labute approximate surface area is 183 Å². The van der Waals surface area contributed by atoms with Gasteiger partial charge in [0.25, 0.3) is 5.91 Å². The Balaban J connectivity index is 1.68. The molecule has 29 heavy (non-hydrogen) atoms. The number of carbonyl (C=O) groups excluding carboxylic acids is 1. The SMILES string of the molecule is COc1ccc2c(c1)N(C)/C(=C1\SC(=NCCCl)N(Cc3ccccc3)C1=O)S2. The fourth-order valence-electron chi connectivity index (χ4n) is 3.15. The van der Waals surface area contributed by atoms with Crippen molar-refractivity contribution in [2.75, 3.05) is 31.5 Å². The van der Waals surface area contributed by atoms with Crippen molar-refractivity contribution >= 4 is 51.9 Å². The summed E-state index contributed by atoms with van der Waals surface area (Å²) in [6.07, 6.45) is 0. The number of halogens is 1. The van der Waals surface area contributed by atoms with Gasteiger partial charge in [0.2, 0.25) is 0 Å². The Kier molecular flexibility index (Phi) is 6.08. The minimum absolute atomic E-state index is 0.0266. The van der Waals surface area contributed by atoms with Gasteiger partial charge in [-0.15, -0.1) is 11.6 Å². The first-order valence-corrected chi connectivity index (χ1v) is 11.3. The Bertz CT molecular complexity index is 995. The number of ether oxygens (including phenoxy) is 1. The van der Waals surface area contributed by atoms with Gasteiger partial charge < -0.3 is 9.64 Å². The maximum atomic E-state index is 13.4. The van der Waals surface area contributed by atoms with Gasteiger partial charge in [0.1, 0.15) is 10.7 Å². The summed E-state index contributed by atoms with van der Waals surface area (Å²) in [6.45, 7) is 0.963. The highest BCUT2D eigenvalue weighted by molar-refractivity contribution is 8.19. The van der Waals surface area contributed by atoms with Gasteiger partial charge in [-0.2, -0.15) is 0 Å². The van der Waals surface area contributed by atoms with Crippen LogP contribution >= 0.6 is 35.1 Å². The van der Waals surface area contributed by atoms with Crippen LogP contribution in [-0.2, 0) is 11.3 Å². The molecule has 0 saturated carbocycles. The molecule has 0 aromatic heterocycles. The quantitative estimate of drug-likeness (QED) is 0.489. The molecule has 0 aliphatic carbocycles. The van der Waals surface area contributed by atoms with Crippen LogP contribution in [0.3, 0.4) is 0 Å². The molecule has 8 heteroatoms. The predicted molar refractivity (Wildman–Crippen MR) is 122 cm³/mol. The smallest absolute Gasteiger partial charge is 0.269 e. The number of alkyl halides is 1. The summed E-state index contributed by atoms with van der Waals surface area (Å²) >= 11 is 8.86. The standard InChI is InChI=1S/C21H20ClN3O2S2/c1-24-16-12-15(27-2)8-9-17(16)28-20(24)18-19(26)25(21(29-18)23-11-10-22)13-14-6-4-3-5-7-14/h3-9,12H,10-11,13H2,1-2H3/b20-18+,23-21?. The van der Waals surface area contributed by atoms with Crippen molar-refractivity contribution in [1.29, 1.82) is 0 Å². The van der Waals surface area contributed by atoms with Crippen LogP contribution in [-0.4, -0.2) is 42.6 Å². The van der Waals surface area contributed by atoms with E-state index in [1.54, 1.807) is 23.8 Å². The molecule has 0 bridgehead atoms. The van der Waals surface area contributed by atoms with Crippen molar-refractivity contribution < 1.29 is 9.53 Å². The lowest BCUT2D eigenvalue weighted by atomic mass is 10.2. The molecular weight excluding hydrogens is 426 g/mol.